The van der Waals surface area contributed by atoms with Crippen LogP contribution in [0.2, 0.25) is 0 Å². The van der Waals surface area contributed by atoms with Crippen LogP contribution in [0, 0.1) is 0 Å². The highest BCUT2D eigenvalue weighted by atomic mass is 32.1. The number of hydrogen-bond acceptors (Lipinski definition) is 5. The van der Waals surface area contributed by atoms with Gasteiger partial charge in [0.1, 0.15) is 0 Å². The number of para-hydroxylation sites is 1. The number of benzene rings is 1. The van der Waals surface area contributed by atoms with Gasteiger partial charge in [0.25, 0.3) is 0 Å². The van der Waals surface area contributed by atoms with Gasteiger partial charge in [0.05, 0.1) is 19.7 Å². The first-order valence-electron chi connectivity index (χ1n) is 6.69. The molecule has 21 heavy (non-hydrogen) atoms. The van der Waals surface area contributed by atoms with Crippen LogP contribution >= 0.6 is 11.3 Å². The molecule has 0 aliphatic carbocycles. The second-order valence-electron chi connectivity index (χ2n) is 4.89. The minimum atomic E-state index is 0.126. The Morgan fingerprint density at radius 3 is 2.76 bits per heavy atom. The van der Waals surface area contributed by atoms with E-state index in [0.717, 1.165) is 0 Å². The minimum absolute atomic E-state index is 0.126. The molecular formula is C16H20N2O2S. The maximum atomic E-state index is 10.0. The van der Waals surface area contributed by atoms with Crippen LogP contribution in [0.1, 0.15) is 16.5 Å². The Balaban J connectivity index is 2.11. The van der Waals surface area contributed by atoms with Crippen molar-refractivity contribution in [3.8, 4) is 11.5 Å². The van der Waals surface area contributed by atoms with Gasteiger partial charge in [0.15, 0.2) is 11.5 Å². The molecule has 0 saturated carbocycles. The van der Waals surface area contributed by atoms with E-state index in [-0.39, 0.29) is 11.8 Å². The van der Waals surface area contributed by atoms with Crippen molar-refractivity contribution in [1.82, 2.24) is 4.90 Å². The topological polar surface area (TPSA) is 45.1 Å². The van der Waals surface area contributed by atoms with Crippen LogP contribution in [-0.2, 0) is 0 Å². The molecule has 2 rings (SSSR count). The molecule has 0 amide bonds. The molecule has 0 aliphatic heterocycles. The van der Waals surface area contributed by atoms with Crippen LogP contribution in [0.25, 0.3) is 0 Å². The standard InChI is InChI=1S/C16H20N2O2S/c1-18(2)13(15-8-5-9-21-15)11-17-10-12-6-4-7-14(20-3)16(12)19/h4-10,13,19H,11H2,1-3H3/t13-/m1/s1. The molecule has 5 heteroatoms. The molecule has 1 aromatic carbocycles. The lowest BCUT2D eigenvalue weighted by atomic mass is 10.2. The third-order valence-electron chi connectivity index (χ3n) is 3.25. The summed E-state index contributed by atoms with van der Waals surface area (Å²) in [6, 6.07) is 9.79. The fraction of sp³-hybridized carbons (Fsp3) is 0.312. The molecule has 1 atom stereocenters. The van der Waals surface area contributed by atoms with E-state index in [9.17, 15) is 5.11 Å². The average molecular weight is 304 g/mol. The molecule has 1 aromatic heterocycles. The van der Waals surface area contributed by atoms with E-state index in [2.05, 4.69) is 21.3 Å². The first-order valence-corrected chi connectivity index (χ1v) is 7.57. The molecule has 1 N–H and O–H groups in total. The molecule has 1 heterocycles. The quantitative estimate of drug-likeness (QED) is 0.834. The van der Waals surface area contributed by atoms with E-state index in [4.69, 9.17) is 4.74 Å². The first kappa shape index (κ1) is 15.5. The van der Waals surface area contributed by atoms with Gasteiger partial charge in [-0.3, -0.25) is 4.99 Å². The Hall–Kier alpha value is -1.85. The smallest absolute Gasteiger partial charge is 0.166 e. The summed E-state index contributed by atoms with van der Waals surface area (Å²) in [5, 5.41) is 12.1. The summed E-state index contributed by atoms with van der Waals surface area (Å²) in [6.45, 7) is 0.643. The molecule has 0 bridgehead atoms. The van der Waals surface area contributed by atoms with Crippen LogP contribution in [-0.4, -0.2) is 44.0 Å². The number of ether oxygens (including phenoxy) is 1. The van der Waals surface area contributed by atoms with E-state index in [1.807, 2.05) is 32.3 Å². The molecule has 0 spiro atoms. The normalized spacial score (nSPS) is 13.0. The molecule has 0 radical (unpaired) electrons. The fourth-order valence-electron chi connectivity index (χ4n) is 2.05. The van der Waals surface area contributed by atoms with Crippen LogP contribution in [0.4, 0.5) is 0 Å². The van der Waals surface area contributed by atoms with Crippen molar-refractivity contribution in [3.05, 3.63) is 46.2 Å². The zero-order chi connectivity index (χ0) is 15.2. The zero-order valence-electron chi connectivity index (χ0n) is 12.5. The Morgan fingerprint density at radius 1 is 1.33 bits per heavy atom. The number of aliphatic imine (C=N–C) groups is 1. The number of rotatable bonds is 6. The Kier molecular flexibility index (Phi) is 5.36. The number of phenolic OH excluding ortho intramolecular Hbond substituents is 1. The molecule has 112 valence electrons. The summed E-state index contributed by atoms with van der Waals surface area (Å²) < 4.78 is 5.09. The van der Waals surface area contributed by atoms with Crippen LogP contribution in [0.5, 0.6) is 11.5 Å². The van der Waals surface area contributed by atoms with Crippen molar-refractivity contribution in [2.24, 2.45) is 4.99 Å². The lowest BCUT2D eigenvalue weighted by Gasteiger charge is -2.21. The van der Waals surface area contributed by atoms with Crippen LogP contribution < -0.4 is 4.74 Å². The SMILES string of the molecule is COc1cccc(C=NC[C@H](c2cccs2)N(C)C)c1O. The summed E-state index contributed by atoms with van der Waals surface area (Å²) in [5.74, 6) is 0.586. The van der Waals surface area contributed by atoms with Gasteiger partial charge in [-0.05, 0) is 37.7 Å². The lowest BCUT2D eigenvalue weighted by molar-refractivity contribution is 0.311. The van der Waals surface area contributed by atoms with Gasteiger partial charge in [-0.25, -0.2) is 0 Å². The number of methoxy groups -OCH3 is 1. The number of thiophene rings is 1. The van der Waals surface area contributed by atoms with E-state index < -0.39 is 0 Å². The van der Waals surface area contributed by atoms with Crippen LogP contribution in [0.15, 0.2) is 40.7 Å². The maximum Gasteiger partial charge on any atom is 0.166 e. The predicted octanol–water partition coefficient (Wildman–Crippen LogP) is 3.18. The third-order valence-corrected chi connectivity index (χ3v) is 4.23. The van der Waals surface area contributed by atoms with Gasteiger partial charge in [-0.15, -0.1) is 11.3 Å². The fourth-order valence-corrected chi connectivity index (χ4v) is 2.96. The van der Waals surface area contributed by atoms with Gasteiger partial charge in [-0.2, -0.15) is 0 Å². The number of aromatic hydroxyl groups is 1. The Morgan fingerprint density at radius 2 is 2.14 bits per heavy atom. The van der Waals surface area contributed by atoms with E-state index >= 15 is 0 Å². The molecule has 0 fully saturated rings. The van der Waals surface area contributed by atoms with Gasteiger partial charge in [0, 0.05) is 16.7 Å². The predicted molar refractivity (Wildman–Crippen MR) is 87.9 cm³/mol. The van der Waals surface area contributed by atoms with Crippen molar-refractivity contribution < 1.29 is 9.84 Å². The molecule has 0 aliphatic rings. The van der Waals surface area contributed by atoms with Gasteiger partial charge in [-0.1, -0.05) is 12.1 Å². The van der Waals surface area contributed by atoms with Crippen molar-refractivity contribution in [3.63, 3.8) is 0 Å². The van der Waals surface area contributed by atoms with E-state index in [1.165, 1.54) is 12.0 Å². The summed E-state index contributed by atoms with van der Waals surface area (Å²) in [5.41, 5.74) is 0.665. The van der Waals surface area contributed by atoms with Crippen molar-refractivity contribution >= 4 is 17.6 Å². The number of nitrogens with zero attached hydrogens (tertiary/aromatic N) is 2. The van der Waals surface area contributed by atoms with Crippen molar-refractivity contribution in [2.45, 2.75) is 6.04 Å². The monoisotopic (exact) mass is 304 g/mol. The van der Waals surface area contributed by atoms with Gasteiger partial charge in [0.2, 0.25) is 0 Å². The molecular weight excluding hydrogens is 284 g/mol. The zero-order valence-corrected chi connectivity index (χ0v) is 13.3. The van der Waals surface area contributed by atoms with Gasteiger partial charge < -0.3 is 14.7 Å². The highest BCUT2D eigenvalue weighted by molar-refractivity contribution is 7.10. The summed E-state index contributed by atoms with van der Waals surface area (Å²) in [7, 11) is 5.63. The largest absolute Gasteiger partial charge is 0.504 e. The second kappa shape index (κ2) is 7.24. The highest BCUT2D eigenvalue weighted by Gasteiger charge is 2.14. The highest BCUT2D eigenvalue weighted by Crippen LogP contribution is 2.28. The number of hydrogen-bond donors (Lipinski definition) is 1. The van der Waals surface area contributed by atoms with Gasteiger partial charge >= 0.3 is 0 Å². The summed E-state index contributed by atoms with van der Waals surface area (Å²) in [4.78, 5) is 7.91. The summed E-state index contributed by atoms with van der Waals surface area (Å²) >= 11 is 1.73. The van der Waals surface area contributed by atoms with Crippen molar-refractivity contribution in [2.75, 3.05) is 27.7 Å². The minimum Gasteiger partial charge on any atom is -0.504 e. The first-order chi connectivity index (χ1) is 10.1. The van der Waals surface area contributed by atoms with E-state index in [1.54, 1.807) is 23.6 Å². The third kappa shape index (κ3) is 3.83. The number of likely N-dealkylation sites (N-methyl/N-ethyl adjacent to an activating group) is 1. The molecule has 4 nitrogen and oxygen atoms in total. The summed E-state index contributed by atoms with van der Waals surface area (Å²) in [6.07, 6.45) is 1.70. The Bertz CT molecular complexity index is 594. The molecule has 0 saturated heterocycles. The van der Waals surface area contributed by atoms with Crippen molar-refractivity contribution in [1.29, 1.82) is 0 Å². The van der Waals surface area contributed by atoms with E-state index in [0.29, 0.717) is 17.9 Å². The molecule has 2 aromatic rings. The second-order valence-corrected chi connectivity index (χ2v) is 5.87. The molecule has 0 unspecified atom stereocenters. The van der Waals surface area contributed by atoms with Crippen LogP contribution in [0.3, 0.4) is 0 Å². The maximum absolute atomic E-state index is 10.0. The average Bonchev–Trinajstić information content (AvgIpc) is 2.98. The lowest BCUT2D eigenvalue weighted by Crippen LogP contribution is -2.21. The number of phenols is 1. The Labute approximate surface area is 129 Å².